The summed E-state index contributed by atoms with van der Waals surface area (Å²) in [5.41, 5.74) is 4.01. The fourth-order valence-electron chi connectivity index (χ4n) is 1.74. The fourth-order valence-corrected chi connectivity index (χ4v) is 1.74. The predicted molar refractivity (Wildman–Crippen MR) is 67.5 cm³/mol. The second-order valence-corrected chi connectivity index (χ2v) is 4.19. The molecule has 1 rings (SSSR count). The normalized spacial score (nSPS) is 10.4. The van der Waals surface area contributed by atoms with E-state index in [4.69, 9.17) is 0 Å². The van der Waals surface area contributed by atoms with E-state index in [2.05, 4.69) is 56.4 Å². The molecule has 1 N–H and O–H groups in total. The van der Waals surface area contributed by atoms with Crippen LogP contribution in [0.5, 0.6) is 0 Å². The van der Waals surface area contributed by atoms with Gasteiger partial charge < -0.3 is 10.2 Å². The number of nitrogens with one attached hydrogen (secondary N) is 1. The van der Waals surface area contributed by atoms with E-state index in [1.807, 2.05) is 0 Å². The lowest BCUT2D eigenvalue weighted by atomic mass is 10.1. The molecule has 0 bridgehead atoms. The van der Waals surface area contributed by atoms with Crippen LogP contribution in [-0.2, 0) is 6.54 Å². The number of hydrogen-bond acceptors (Lipinski definition) is 2. The van der Waals surface area contributed by atoms with E-state index in [1.54, 1.807) is 0 Å². The first kappa shape index (κ1) is 12.1. The summed E-state index contributed by atoms with van der Waals surface area (Å²) < 4.78 is 0. The molecule has 0 saturated heterocycles. The van der Waals surface area contributed by atoms with E-state index in [-0.39, 0.29) is 0 Å². The van der Waals surface area contributed by atoms with Gasteiger partial charge in [-0.1, -0.05) is 19.1 Å². The van der Waals surface area contributed by atoms with Crippen LogP contribution in [0.2, 0.25) is 0 Å². The highest BCUT2D eigenvalue weighted by Gasteiger charge is 2.01. The van der Waals surface area contributed by atoms with Crippen LogP contribution in [0.1, 0.15) is 24.5 Å². The van der Waals surface area contributed by atoms with Crippen LogP contribution in [0.15, 0.2) is 18.2 Å². The Bertz CT molecular complexity index is 305. The van der Waals surface area contributed by atoms with Gasteiger partial charge >= 0.3 is 0 Å². The van der Waals surface area contributed by atoms with Gasteiger partial charge in [0.2, 0.25) is 0 Å². The smallest absolute Gasteiger partial charge is 0.0390 e. The van der Waals surface area contributed by atoms with Gasteiger partial charge in [0.15, 0.2) is 0 Å². The summed E-state index contributed by atoms with van der Waals surface area (Å²) in [4.78, 5) is 2.15. The summed E-state index contributed by atoms with van der Waals surface area (Å²) >= 11 is 0. The molecule has 0 atom stereocenters. The van der Waals surface area contributed by atoms with Crippen molar-refractivity contribution in [3.05, 3.63) is 29.3 Å². The van der Waals surface area contributed by atoms with Gasteiger partial charge in [0.05, 0.1) is 0 Å². The summed E-state index contributed by atoms with van der Waals surface area (Å²) in [5, 5.41) is 3.41. The van der Waals surface area contributed by atoms with Gasteiger partial charge in [0, 0.05) is 26.3 Å². The number of aryl methyl sites for hydroxylation is 1. The highest BCUT2D eigenvalue weighted by Crippen LogP contribution is 2.18. The first-order chi connectivity index (χ1) is 7.15. The van der Waals surface area contributed by atoms with Crippen molar-refractivity contribution in [1.29, 1.82) is 0 Å². The molecule has 0 aliphatic heterocycles. The quantitative estimate of drug-likeness (QED) is 0.745. The third kappa shape index (κ3) is 3.56. The summed E-state index contributed by atoms with van der Waals surface area (Å²) in [6, 6.07) is 6.65. The van der Waals surface area contributed by atoms with Crippen molar-refractivity contribution in [1.82, 2.24) is 5.32 Å². The molecule has 0 aromatic heterocycles. The van der Waals surface area contributed by atoms with Gasteiger partial charge in [-0.15, -0.1) is 0 Å². The third-order valence-corrected chi connectivity index (χ3v) is 2.50. The monoisotopic (exact) mass is 206 g/mol. The fraction of sp³-hybridized carbons (Fsp3) is 0.538. The lowest BCUT2D eigenvalue weighted by Gasteiger charge is -2.16. The topological polar surface area (TPSA) is 15.3 Å². The van der Waals surface area contributed by atoms with Gasteiger partial charge in [-0.05, 0) is 37.1 Å². The van der Waals surface area contributed by atoms with E-state index in [0.717, 1.165) is 13.1 Å². The third-order valence-electron chi connectivity index (χ3n) is 2.50. The van der Waals surface area contributed by atoms with Crippen molar-refractivity contribution in [2.24, 2.45) is 0 Å². The molecule has 0 aliphatic rings. The van der Waals surface area contributed by atoms with E-state index < -0.39 is 0 Å². The number of anilines is 1. The molecule has 15 heavy (non-hydrogen) atoms. The molecular weight excluding hydrogens is 184 g/mol. The average molecular weight is 206 g/mol. The maximum Gasteiger partial charge on any atom is 0.0390 e. The van der Waals surface area contributed by atoms with Crippen LogP contribution in [0.4, 0.5) is 5.69 Å². The van der Waals surface area contributed by atoms with Gasteiger partial charge in [0.1, 0.15) is 0 Å². The number of benzene rings is 1. The summed E-state index contributed by atoms with van der Waals surface area (Å²) in [6.07, 6.45) is 1.19. The van der Waals surface area contributed by atoms with E-state index >= 15 is 0 Å². The highest BCUT2D eigenvalue weighted by atomic mass is 15.1. The SMILES string of the molecule is CCCNCc1ccc(N(C)C)c(C)c1. The van der Waals surface area contributed by atoms with Crippen LogP contribution in [0, 0.1) is 6.92 Å². The molecule has 0 fully saturated rings. The van der Waals surface area contributed by atoms with Crippen molar-refractivity contribution in [2.45, 2.75) is 26.8 Å². The standard InChI is InChI=1S/C13H22N2/c1-5-8-14-10-12-6-7-13(15(3)4)11(2)9-12/h6-7,9,14H,5,8,10H2,1-4H3. The minimum Gasteiger partial charge on any atom is -0.377 e. The lowest BCUT2D eigenvalue weighted by molar-refractivity contribution is 0.675. The Kier molecular flexibility index (Phi) is 4.63. The van der Waals surface area contributed by atoms with E-state index in [9.17, 15) is 0 Å². The lowest BCUT2D eigenvalue weighted by Crippen LogP contribution is -2.15. The van der Waals surface area contributed by atoms with Gasteiger partial charge in [-0.3, -0.25) is 0 Å². The molecule has 0 saturated carbocycles. The van der Waals surface area contributed by atoms with Crippen LogP contribution in [-0.4, -0.2) is 20.6 Å². The minimum absolute atomic E-state index is 0.975. The number of hydrogen-bond donors (Lipinski definition) is 1. The molecule has 1 aromatic carbocycles. The molecule has 0 unspecified atom stereocenters. The molecule has 0 aliphatic carbocycles. The molecule has 0 radical (unpaired) electrons. The number of nitrogens with zero attached hydrogens (tertiary/aromatic N) is 1. The van der Waals surface area contributed by atoms with Crippen LogP contribution >= 0.6 is 0 Å². The second-order valence-electron chi connectivity index (χ2n) is 4.19. The summed E-state index contributed by atoms with van der Waals surface area (Å²) in [6.45, 7) is 6.42. The Morgan fingerprint density at radius 1 is 1.27 bits per heavy atom. The largest absolute Gasteiger partial charge is 0.377 e. The van der Waals surface area contributed by atoms with Crippen molar-refractivity contribution in [3.8, 4) is 0 Å². The van der Waals surface area contributed by atoms with Crippen LogP contribution < -0.4 is 10.2 Å². The Morgan fingerprint density at radius 2 is 2.00 bits per heavy atom. The Labute approximate surface area is 93.3 Å². The Hall–Kier alpha value is -1.02. The molecule has 84 valence electrons. The van der Waals surface area contributed by atoms with Crippen molar-refractivity contribution < 1.29 is 0 Å². The summed E-state index contributed by atoms with van der Waals surface area (Å²) in [7, 11) is 4.16. The van der Waals surface area contributed by atoms with Crippen molar-refractivity contribution >= 4 is 5.69 Å². The maximum atomic E-state index is 3.41. The zero-order valence-corrected chi connectivity index (χ0v) is 10.3. The minimum atomic E-state index is 0.975. The number of rotatable bonds is 5. The maximum absolute atomic E-state index is 3.41. The molecule has 0 amide bonds. The molecule has 0 heterocycles. The highest BCUT2D eigenvalue weighted by molar-refractivity contribution is 5.53. The average Bonchev–Trinajstić information content (AvgIpc) is 2.17. The van der Waals surface area contributed by atoms with Crippen molar-refractivity contribution in [2.75, 3.05) is 25.5 Å². The molecule has 0 spiro atoms. The van der Waals surface area contributed by atoms with E-state index in [0.29, 0.717) is 0 Å². The zero-order valence-electron chi connectivity index (χ0n) is 10.3. The van der Waals surface area contributed by atoms with Gasteiger partial charge in [-0.2, -0.15) is 0 Å². The van der Waals surface area contributed by atoms with Gasteiger partial charge in [-0.25, -0.2) is 0 Å². The summed E-state index contributed by atoms with van der Waals surface area (Å²) in [5.74, 6) is 0. The first-order valence-electron chi connectivity index (χ1n) is 5.62. The molecular formula is C13H22N2. The van der Waals surface area contributed by atoms with Gasteiger partial charge in [0.25, 0.3) is 0 Å². The molecule has 2 nitrogen and oxygen atoms in total. The first-order valence-corrected chi connectivity index (χ1v) is 5.62. The van der Waals surface area contributed by atoms with Crippen molar-refractivity contribution in [3.63, 3.8) is 0 Å². The molecule has 2 heteroatoms. The molecule has 1 aromatic rings. The van der Waals surface area contributed by atoms with Crippen LogP contribution in [0.3, 0.4) is 0 Å². The van der Waals surface area contributed by atoms with E-state index in [1.165, 1.54) is 23.2 Å². The second kappa shape index (κ2) is 5.76. The Balaban J connectivity index is 2.65. The Morgan fingerprint density at radius 3 is 2.53 bits per heavy atom. The zero-order chi connectivity index (χ0) is 11.3. The van der Waals surface area contributed by atoms with Crippen LogP contribution in [0.25, 0.3) is 0 Å². The predicted octanol–water partition coefficient (Wildman–Crippen LogP) is 2.56.